The zero-order valence-electron chi connectivity index (χ0n) is 10.2. The molecule has 0 bridgehead atoms. The van der Waals surface area contributed by atoms with Crippen LogP contribution in [0.4, 0.5) is 4.39 Å². The predicted molar refractivity (Wildman–Crippen MR) is 67.8 cm³/mol. The predicted octanol–water partition coefficient (Wildman–Crippen LogP) is 1.96. The number of nitrogens with one attached hydrogen (secondary N) is 1. The molecule has 2 rings (SSSR count). The van der Waals surface area contributed by atoms with Crippen molar-refractivity contribution in [2.75, 3.05) is 0 Å². The van der Waals surface area contributed by atoms with Crippen molar-refractivity contribution >= 4 is 18.0 Å². The van der Waals surface area contributed by atoms with Gasteiger partial charge in [0.25, 0.3) is 0 Å². The highest BCUT2D eigenvalue weighted by atomic mass is 19.1. The molecule has 1 saturated carbocycles. The fourth-order valence-electron chi connectivity index (χ4n) is 1.98. The molecule has 19 heavy (non-hydrogen) atoms. The van der Waals surface area contributed by atoms with Gasteiger partial charge < -0.3 is 10.4 Å². The molecule has 0 unspecified atom stereocenters. The molecule has 100 valence electrons. The van der Waals surface area contributed by atoms with Crippen LogP contribution < -0.4 is 5.32 Å². The van der Waals surface area contributed by atoms with Gasteiger partial charge in [0, 0.05) is 11.6 Å². The van der Waals surface area contributed by atoms with Crippen molar-refractivity contribution in [3.8, 4) is 0 Å². The maximum Gasteiger partial charge on any atom is 0.329 e. The Balaban J connectivity index is 2.02. The third-order valence-corrected chi connectivity index (χ3v) is 3.30. The Bertz CT molecular complexity index is 535. The Labute approximate surface area is 109 Å². The number of carbonyl (C=O) groups excluding carboxylic acids is 1. The lowest BCUT2D eigenvalue weighted by molar-refractivity contribution is -0.151. The summed E-state index contributed by atoms with van der Waals surface area (Å²) in [4.78, 5) is 22.7. The summed E-state index contributed by atoms with van der Waals surface area (Å²) in [5.41, 5.74) is -0.855. The van der Waals surface area contributed by atoms with Gasteiger partial charge in [-0.15, -0.1) is 0 Å². The normalized spacial score (nSPS) is 16.9. The Morgan fingerprint density at radius 3 is 2.53 bits per heavy atom. The smallest absolute Gasteiger partial charge is 0.329 e. The van der Waals surface area contributed by atoms with Crippen LogP contribution in [0.1, 0.15) is 24.8 Å². The van der Waals surface area contributed by atoms with Crippen LogP contribution >= 0.6 is 0 Å². The second kappa shape index (κ2) is 5.22. The summed E-state index contributed by atoms with van der Waals surface area (Å²) in [6.07, 6.45) is 4.13. The van der Waals surface area contributed by atoms with Gasteiger partial charge in [-0.3, -0.25) is 4.79 Å². The van der Waals surface area contributed by atoms with Gasteiger partial charge >= 0.3 is 5.97 Å². The molecule has 0 aliphatic heterocycles. The lowest BCUT2D eigenvalue weighted by Crippen LogP contribution is -2.58. The van der Waals surface area contributed by atoms with E-state index in [1.807, 2.05) is 0 Å². The maximum atomic E-state index is 13.3. The lowest BCUT2D eigenvalue weighted by Gasteiger charge is -2.37. The van der Waals surface area contributed by atoms with Gasteiger partial charge in [-0.1, -0.05) is 18.2 Å². The first kappa shape index (κ1) is 13.3. The number of hydrogen-bond donors (Lipinski definition) is 2. The van der Waals surface area contributed by atoms with E-state index >= 15 is 0 Å². The molecule has 1 aromatic rings. The van der Waals surface area contributed by atoms with Gasteiger partial charge in [0.15, 0.2) is 0 Å². The van der Waals surface area contributed by atoms with E-state index in [0.717, 1.165) is 12.5 Å². The average Bonchev–Trinajstić information content (AvgIpc) is 2.32. The molecule has 1 aliphatic rings. The van der Waals surface area contributed by atoms with Gasteiger partial charge in [-0.25, -0.2) is 9.18 Å². The van der Waals surface area contributed by atoms with E-state index in [1.165, 1.54) is 18.2 Å². The van der Waals surface area contributed by atoms with Gasteiger partial charge in [0.2, 0.25) is 5.91 Å². The minimum absolute atomic E-state index is 0.288. The van der Waals surface area contributed by atoms with E-state index in [9.17, 15) is 14.0 Å². The first-order chi connectivity index (χ1) is 9.03. The van der Waals surface area contributed by atoms with Crippen molar-refractivity contribution in [1.29, 1.82) is 0 Å². The summed E-state index contributed by atoms with van der Waals surface area (Å²) in [6, 6.07) is 6.05. The van der Waals surface area contributed by atoms with Crippen LogP contribution in [0, 0.1) is 5.82 Å². The van der Waals surface area contributed by atoms with E-state index < -0.39 is 23.2 Å². The molecule has 5 heteroatoms. The van der Waals surface area contributed by atoms with E-state index in [-0.39, 0.29) is 5.56 Å². The second-order valence-electron chi connectivity index (χ2n) is 4.58. The van der Waals surface area contributed by atoms with Crippen LogP contribution in [0.3, 0.4) is 0 Å². The monoisotopic (exact) mass is 263 g/mol. The summed E-state index contributed by atoms with van der Waals surface area (Å²) >= 11 is 0. The van der Waals surface area contributed by atoms with Crippen molar-refractivity contribution < 1.29 is 19.1 Å². The zero-order chi connectivity index (χ0) is 13.9. The number of carboxylic acids is 1. The summed E-state index contributed by atoms with van der Waals surface area (Å²) in [5.74, 6) is -1.97. The van der Waals surface area contributed by atoms with Crippen LogP contribution in [0.25, 0.3) is 6.08 Å². The number of hydrogen-bond acceptors (Lipinski definition) is 2. The molecule has 4 nitrogen and oxygen atoms in total. The second-order valence-corrected chi connectivity index (χ2v) is 4.58. The minimum atomic E-state index is -1.14. The molecular formula is C14H14FNO3. The van der Waals surface area contributed by atoms with Gasteiger partial charge in [0.05, 0.1) is 0 Å². The van der Waals surface area contributed by atoms with Crippen molar-refractivity contribution in [2.24, 2.45) is 0 Å². The Hall–Kier alpha value is -2.17. The molecule has 0 heterocycles. The van der Waals surface area contributed by atoms with Crippen LogP contribution in [0.15, 0.2) is 30.3 Å². The average molecular weight is 263 g/mol. The topological polar surface area (TPSA) is 66.4 Å². The number of aliphatic carboxylic acids is 1. The highest BCUT2D eigenvalue weighted by molar-refractivity contribution is 5.96. The molecule has 1 amide bonds. The number of halogens is 1. The number of amides is 1. The molecule has 0 spiro atoms. The van der Waals surface area contributed by atoms with E-state index in [2.05, 4.69) is 5.32 Å². The number of rotatable bonds is 4. The van der Waals surface area contributed by atoms with Crippen LogP contribution in [0.2, 0.25) is 0 Å². The van der Waals surface area contributed by atoms with Crippen molar-refractivity contribution in [3.63, 3.8) is 0 Å². The van der Waals surface area contributed by atoms with Crippen LogP contribution in [-0.2, 0) is 9.59 Å². The third-order valence-electron chi connectivity index (χ3n) is 3.30. The molecule has 0 atom stereocenters. The van der Waals surface area contributed by atoms with Crippen LogP contribution in [-0.4, -0.2) is 22.5 Å². The SMILES string of the molecule is O=C(/C=C/c1ccccc1F)NC1(C(=O)O)CCC1. The van der Waals surface area contributed by atoms with E-state index in [4.69, 9.17) is 5.11 Å². The summed E-state index contributed by atoms with van der Waals surface area (Å²) in [7, 11) is 0. The standard InChI is InChI=1S/C14H14FNO3/c15-11-5-2-1-4-10(11)6-7-12(17)16-14(13(18)19)8-3-9-14/h1-2,4-7H,3,8-9H2,(H,16,17)(H,18,19)/b7-6+. The van der Waals surface area contributed by atoms with Gasteiger partial charge in [-0.2, -0.15) is 0 Å². The molecular weight excluding hydrogens is 249 g/mol. The Morgan fingerprint density at radius 2 is 2.00 bits per heavy atom. The summed E-state index contributed by atoms with van der Waals surface area (Å²) in [5, 5.41) is 11.5. The number of carboxylic acid groups (broad SMARTS) is 1. The zero-order valence-corrected chi connectivity index (χ0v) is 10.2. The Morgan fingerprint density at radius 1 is 1.32 bits per heavy atom. The van der Waals surface area contributed by atoms with Gasteiger partial charge in [0.1, 0.15) is 11.4 Å². The first-order valence-corrected chi connectivity index (χ1v) is 6.02. The van der Waals surface area contributed by atoms with E-state index in [0.29, 0.717) is 12.8 Å². The highest BCUT2D eigenvalue weighted by Crippen LogP contribution is 2.31. The maximum absolute atomic E-state index is 13.3. The first-order valence-electron chi connectivity index (χ1n) is 6.02. The summed E-state index contributed by atoms with van der Waals surface area (Å²) in [6.45, 7) is 0. The van der Waals surface area contributed by atoms with Crippen LogP contribution in [0.5, 0.6) is 0 Å². The van der Waals surface area contributed by atoms with Gasteiger partial charge in [-0.05, 0) is 31.4 Å². The molecule has 0 radical (unpaired) electrons. The quantitative estimate of drug-likeness (QED) is 0.816. The third kappa shape index (κ3) is 2.81. The van der Waals surface area contributed by atoms with Crippen molar-refractivity contribution in [3.05, 3.63) is 41.7 Å². The van der Waals surface area contributed by atoms with Crippen molar-refractivity contribution in [1.82, 2.24) is 5.32 Å². The number of carbonyl (C=O) groups is 2. The lowest BCUT2D eigenvalue weighted by atomic mass is 9.77. The fraction of sp³-hybridized carbons (Fsp3) is 0.286. The fourth-order valence-corrected chi connectivity index (χ4v) is 1.98. The molecule has 1 aromatic carbocycles. The largest absolute Gasteiger partial charge is 0.480 e. The highest BCUT2D eigenvalue weighted by Gasteiger charge is 2.45. The molecule has 0 saturated heterocycles. The van der Waals surface area contributed by atoms with Crippen molar-refractivity contribution in [2.45, 2.75) is 24.8 Å². The molecule has 1 aliphatic carbocycles. The molecule has 2 N–H and O–H groups in total. The molecule has 1 fully saturated rings. The minimum Gasteiger partial charge on any atom is -0.480 e. The Kier molecular flexibility index (Phi) is 3.64. The molecule has 0 aromatic heterocycles. The summed E-state index contributed by atoms with van der Waals surface area (Å²) < 4.78 is 13.3. The number of benzene rings is 1. The van der Waals surface area contributed by atoms with E-state index in [1.54, 1.807) is 12.1 Å².